The van der Waals surface area contributed by atoms with Gasteiger partial charge >= 0.3 is 0 Å². The summed E-state index contributed by atoms with van der Waals surface area (Å²) >= 11 is 1.74. The third kappa shape index (κ3) is 2.86. The lowest BCUT2D eigenvalue weighted by molar-refractivity contribution is 0.322. The molecule has 6 nitrogen and oxygen atoms in total. The average molecular weight is 253 g/mol. The number of aryl methyl sites for hydroxylation is 1. The number of imidazole rings is 1. The van der Waals surface area contributed by atoms with Gasteiger partial charge in [-0.25, -0.2) is 15.0 Å². The molecule has 0 bridgehead atoms. The summed E-state index contributed by atoms with van der Waals surface area (Å²) < 4.78 is 1.98. The van der Waals surface area contributed by atoms with Gasteiger partial charge < -0.3 is 15.4 Å². The maximum Gasteiger partial charge on any atom is 0.165 e. The van der Waals surface area contributed by atoms with Gasteiger partial charge in [0.1, 0.15) is 11.8 Å². The Labute approximate surface area is 103 Å². The lowest BCUT2D eigenvalue weighted by Crippen LogP contribution is -2.00. The van der Waals surface area contributed by atoms with Crippen LogP contribution in [0.1, 0.15) is 6.42 Å². The molecule has 17 heavy (non-hydrogen) atoms. The first-order chi connectivity index (χ1) is 8.33. The Morgan fingerprint density at radius 2 is 2.18 bits per heavy atom. The molecule has 0 spiro atoms. The highest BCUT2D eigenvalue weighted by Gasteiger charge is 2.06. The molecule has 2 rings (SSSR count). The topological polar surface area (TPSA) is 89.9 Å². The van der Waals surface area contributed by atoms with Crippen LogP contribution in [0.4, 0.5) is 5.82 Å². The first-order valence-electron chi connectivity index (χ1n) is 5.43. The van der Waals surface area contributed by atoms with E-state index in [1.54, 1.807) is 18.1 Å². The second kappa shape index (κ2) is 5.83. The van der Waals surface area contributed by atoms with Crippen molar-refractivity contribution in [1.29, 1.82) is 0 Å². The molecular formula is C10H15N5OS. The number of fused-ring (bicyclic) bond motifs is 1. The molecule has 0 atom stereocenters. The quantitative estimate of drug-likeness (QED) is 0.730. The van der Waals surface area contributed by atoms with Crippen LogP contribution in [0.3, 0.4) is 0 Å². The van der Waals surface area contributed by atoms with E-state index in [2.05, 4.69) is 15.0 Å². The summed E-state index contributed by atoms with van der Waals surface area (Å²) in [5, 5.41) is 8.65. The Morgan fingerprint density at radius 3 is 3.00 bits per heavy atom. The van der Waals surface area contributed by atoms with Crippen LogP contribution in [-0.2, 0) is 6.54 Å². The Kier molecular flexibility index (Phi) is 4.16. The zero-order valence-corrected chi connectivity index (χ0v) is 10.2. The van der Waals surface area contributed by atoms with Crippen molar-refractivity contribution in [3.8, 4) is 0 Å². The fourth-order valence-corrected chi connectivity index (χ4v) is 2.23. The molecular weight excluding hydrogens is 238 g/mol. The molecule has 0 amide bonds. The number of nitrogen functional groups attached to an aromatic ring is 1. The molecule has 0 radical (unpaired) electrons. The Hall–Kier alpha value is -1.34. The zero-order chi connectivity index (χ0) is 12.1. The smallest absolute Gasteiger partial charge is 0.165 e. The number of rotatable bonds is 6. The van der Waals surface area contributed by atoms with Gasteiger partial charge in [0.2, 0.25) is 0 Å². The van der Waals surface area contributed by atoms with Gasteiger partial charge in [-0.1, -0.05) is 0 Å². The van der Waals surface area contributed by atoms with Crippen LogP contribution < -0.4 is 5.73 Å². The van der Waals surface area contributed by atoms with E-state index in [-0.39, 0.29) is 6.61 Å². The number of nitrogens with two attached hydrogens (primary N) is 1. The van der Waals surface area contributed by atoms with Crippen LogP contribution in [0.5, 0.6) is 0 Å². The van der Waals surface area contributed by atoms with Gasteiger partial charge in [-0.05, 0) is 12.2 Å². The molecule has 2 aromatic rings. The number of aliphatic hydroxyl groups excluding tert-OH is 1. The van der Waals surface area contributed by atoms with Crippen LogP contribution in [0.15, 0.2) is 12.7 Å². The summed E-state index contributed by atoms with van der Waals surface area (Å²) in [5.41, 5.74) is 7.15. The molecule has 0 saturated carbocycles. The Bertz CT molecular complexity index is 487. The van der Waals surface area contributed by atoms with Crippen LogP contribution in [0.2, 0.25) is 0 Å². The van der Waals surface area contributed by atoms with E-state index in [9.17, 15) is 0 Å². The largest absolute Gasteiger partial charge is 0.396 e. The molecule has 0 saturated heterocycles. The number of anilines is 1. The van der Waals surface area contributed by atoms with Crippen LogP contribution in [0.25, 0.3) is 11.2 Å². The Balaban J connectivity index is 1.97. The lowest BCUT2D eigenvalue weighted by Gasteiger charge is -2.03. The predicted molar refractivity (Wildman–Crippen MR) is 68.8 cm³/mol. The molecule has 92 valence electrons. The molecule has 0 fully saturated rings. The summed E-state index contributed by atoms with van der Waals surface area (Å²) in [7, 11) is 0. The molecule has 7 heteroatoms. The first-order valence-corrected chi connectivity index (χ1v) is 6.58. The van der Waals surface area contributed by atoms with E-state index in [0.717, 1.165) is 30.1 Å². The van der Waals surface area contributed by atoms with Gasteiger partial charge in [0, 0.05) is 12.3 Å². The summed E-state index contributed by atoms with van der Waals surface area (Å²) in [5.74, 6) is 2.23. The molecule has 0 unspecified atom stereocenters. The summed E-state index contributed by atoms with van der Waals surface area (Å²) in [6, 6.07) is 0. The average Bonchev–Trinajstić information content (AvgIpc) is 2.74. The van der Waals surface area contributed by atoms with Crippen molar-refractivity contribution in [2.24, 2.45) is 0 Å². The minimum Gasteiger partial charge on any atom is -0.396 e. The van der Waals surface area contributed by atoms with Gasteiger partial charge in [0.15, 0.2) is 11.5 Å². The van der Waals surface area contributed by atoms with Crippen molar-refractivity contribution in [3.05, 3.63) is 12.7 Å². The molecule has 2 aromatic heterocycles. The second-order valence-corrected chi connectivity index (χ2v) is 4.78. The monoisotopic (exact) mass is 253 g/mol. The van der Waals surface area contributed by atoms with Gasteiger partial charge in [-0.2, -0.15) is 11.8 Å². The molecule has 0 aliphatic carbocycles. The highest BCUT2D eigenvalue weighted by Crippen LogP contribution is 2.14. The minimum atomic E-state index is 0.239. The maximum absolute atomic E-state index is 8.65. The van der Waals surface area contributed by atoms with E-state index >= 15 is 0 Å². The number of nitrogens with zero attached hydrogens (tertiary/aromatic N) is 4. The third-order valence-corrected chi connectivity index (χ3v) is 3.40. The van der Waals surface area contributed by atoms with Crippen LogP contribution in [-0.4, -0.2) is 42.7 Å². The highest BCUT2D eigenvalue weighted by molar-refractivity contribution is 7.99. The van der Waals surface area contributed by atoms with Crippen molar-refractivity contribution in [2.45, 2.75) is 13.0 Å². The first kappa shape index (κ1) is 12.1. The Morgan fingerprint density at radius 1 is 1.29 bits per heavy atom. The number of hydrogen-bond donors (Lipinski definition) is 2. The molecule has 0 aromatic carbocycles. The normalized spacial score (nSPS) is 11.1. The molecule has 2 heterocycles. The fourth-order valence-electron chi connectivity index (χ4n) is 1.57. The molecule has 0 aliphatic rings. The highest BCUT2D eigenvalue weighted by atomic mass is 32.2. The van der Waals surface area contributed by atoms with Crippen molar-refractivity contribution in [2.75, 3.05) is 23.8 Å². The van der Waals surface area contributed by atoms with Crippen molar-refractivity contribution in [1.82, 2.24) is 19.5 Å². The summed E-state index contributed by atoms with van der Waals surface area (Å²) in [4.78, 5) is 12.3. The van der Waals surface area contributed by atoms with Gasteiger partial charge in [0.25, 0.3) is 0 Å². The van der Waals surface area contributed by atoms with Crippen molar-refractivity contribution in [3.63, 3.8) is 0 Å². The fraction of sp³-hybridized carbons (Fsp3) is 0.500. The third-order valence-electron chi connectivity index (χ3n) is 2.35. The lowest BCUT2D eigenvalue weighted by atomic mass is 10.4. The van der Waals surface area contributed by atoms with E-state index in [1.165, 1.54) is 6.33 Å². The number of thioether (sulfide) groups is 1. The number of aliphatic hydroxyl groups is 1. The second-order valence-electron chi connectivity index (χ2n) is 3.56. The standard InChI is InChI=1S/C10H15N5OS/c11-9-8-10(13-6-12-9)15(7-14-8)2-1-4-17-5-3-16/h6-7,16H,1-5H2,(H2,11,12,13). The van der Waals surface area contributed by atoms with E-state index < -0.39 is 0 Å². The minimum absolute atomic E-state index is 0.239. The maximum atomic E-state index is 8.65. The van der Waals surface area contributed by atoms with Crippen LogP contribution in [0, 0.1) is 0 Å². The molecule has 0 aliphatic heterocycles. The van der Waals surface area contributed by atoms with Crippen molar-refractivity contribution < 1.29 is 5.11 Å². The van der Waals surface area contributed by atoms with Crippen LogP contribution >= 0.6 is 11.8 Å². The van der Waals surface area contributed by atoms with E-state index in [4.69, 9.17) is 10.8 Å². The zero-order valence-electron chi connectivity index (χ0n) is 9.41. The van der Waals surface area contributed by atoms with E-state index in [1.807, 2.05) is 4.57 Å². The SMILES string of the molecule is Nc1ncnc2c1ncn2CCCSCCO. The van der Waals surface area contributed by atoms with Gasteiger partial charge in [0.05, 0.1) is 12.9 Å². The molecule has 3 N–H and O–H groups in total. The number of aromatic nitrogens is 4. The van der Waals surface area contributed by atoms with Gasteiger partial charge in [-0.15, -0.1) is 0 Å². The van der Waals surface area contributed by atoms with Gasteiger partial charge in [-0.3, -0.25) is 0 Å². The summed E-state index contributed by atoms with van der Waals surface area (Å²) in [6.45, 7) is 1.09. The van der Waals surface area contributed by atoms with E-state index in [0.29, 0.717) is 11.3 Å². The number of hydrogen-bond acceptors (Lipinski definition) is 6. The van der Waals surface area contributed by atoms with Crippen molar-refractivity contribution >= 4 is 28.7 Å². The predicted octanol–water partition coefficient (Wildman–Crippen LogP) is 0.524. The summed E-state index contributed by atoms with van der Waals surface area (Å²) in [6.07, 6.45) is 4.21.